The fourth-order valence-electron chi connectivity index (χ4n) is 5.82. The van der Waals surface area contributed by atoms with Gasteiger partial charge in [0.15, 0.2) is 18.1 Å². The van der Waals surface area contributed by atoms with E-state index in [2.05, 4.69) is 25.9 Å². The Kier molecular flexibility index (Phi) is 6.36. The number of esters is 1. The molecule has 2 atom stereocenters. The van der Waals surface area contributed by atoms with Crippen molar-refractivity contribution in [1.82, 2.24) is 10.1 Å². The normalized spacial score (nSPS) is 23.0. The summed E-state index contributed by atoms with van der Waals surface area (Å²) in [6.45, 7) is 11.2. The van der Waals surface area contributed by atoms with Crippen LogP contribution in [0.4, 0.5) is 0 Å². The molecule has 0 radical (unpaired) electrons. The Morgan fingerprint density at radius 2 is 1.94 bits per heavy atom. The van der Waals surface area contributed by atoms with Crippen molar-refractivity contribution < 1.29 is 28.3 Å². The molecule has 1 aromatic heterocycles. The lowest BCUT2D eigenvalue weighted by Crippen LogP contribution is -2.39. The van der Waals surface area contributed by atoms with Crippen LogP contribution in [0, 0.1) is 24.7 Å². The summed E-state index contributed by atoms with van der Waals surface area (Å²) in [5.41, 5.74) is 2.28. The molecule has 8 heteroatoms. The molecule has 8 nitrogen and oxygen atoms in total. The summed E-state index contributed by atoms with van der Waals surface area (Å²) in [7, 11) is 1.50. The van der Waals surface area contributed by atoms with Crippen LogP contribution in [0.5, 0.6) is 11.5 Å². The number of carbonyl (C=O) groups excluding carboxylic acids is 2. The molecular weight excluding hydrogens is 436 g/mol. The fraction of sp³-hybridized carbons (Fsp3) is 0.577. The Morgan fingerprint density at radius 3 is 2.62 bits per heavy atom. The minimum atomic E-state index is -0.572. The third kappa shape index (κ3) is 4.91. The van der Waals surface area contributed by atoms with E-state index in [1.54, 1.807) is 18.2 Å². The lowest BCUT2D eigenvalue weighted by atomic mass is 9.65. The van der Waals surface area contributed by atoms with Gasteiger partial charge in [0.2, 0.25) is 0 Å². The van der Waals surface area contributed by atoms with Crippen molar-refractivity contribution in [1.29, 1.82) is 0 Å². The SMILES string of the molecule is COc1cc(C(=O)OCC(=O)N2C[C@@]3(C)C[C@H]2CC(C)(C)C3)ccc1OCc1c(C)noc1C. The van der Waals surface area contributed by atoms with Gasteiger partial charge in [0.25, 0.3) is 5.91 Å². The van der Waals surface area contributed by atoms with E-state index in [1.165, 1.54) is 7.11 Å². The smallest absolute Gasteiger partial charge is 0.338 e. The summed E-state index contributed by atoms with van der Waals surface area (Å²) in [6, 6.07) is 5.03. The van der Waals surface area contributed by atoms with E-state index in [-0.39, 0.29) is 36.0 Å². The van der Waals surface area contributed by atoms with Crippen LogP contribution in [0.25, 0.3) is 0 Å². The lowest BCUT2D eigenvalue weighted by molar-refractivity contribution is -0.135. The van der Waals surface area contributed by atoms with Crippen molar-refractivity contribution >= 4 is 11.9 Å². The van der Waals surface area contributed by atoms with Crippen LogP contribution in [0.15, 0.2) is 22.7 Å². The molecule has 2 bridgehead atoms. The maximum absolute atomic E-state index is 12.9. The number of benzene rings is 1. The van der Waals surface area contributed by atoms with Crippen molar-refractivity contribution in [2.24, 2.45) is 10.8 Å². The number of methoxy groups -OCH3 is 1. The number of rotatable bonds is 7. The molecule has 0 spiro atoms. The highest BCUT2D eigenvalue weighted by atomic mass is 16.5. The number of amides is 1. The highest BCUT2D eigenvalue weighted by Crippen LogP contribution is 2.52. The van der Waals surface area contributed by atoms with E-state index in [4.69, 9.17) is 18.7 Å². The van der Waals surface area contributed by atoms with Gasteiger partial charge in [0, 0.05) is 12.6 Å². The molecule has 1 saturated heterocycles. The summed E-state index contributed by atoms with van der Waals surface area (Å²) < 4.78 is 21.8. The zero-order valence-electron chi connectivity index (χ0n) is 20.9. The molecule has 0 N–H and O–H groups in total. The lowest BCUT2D eigenvalue weighted by Gasteiger charge is -2.39. The van der Waals surface area contributed by atoms with Gasteiger partial charge in [-0.15, -0.1) is 0 Å². The van der Waals surface area contributed by atoms with Crippen LogP contribution in [0.1, 0.15) is 67.4 Å². The van der Waals surface area contributed by atoms with Crippen molar-refractivity contribution in [3.63, 3.8) is 0 Å². The monoisotopic (exact) mass is 470 g/mol. The number of carbonyl (C=O) groups is 2. The summed E-state index contributed by atoms with van der Waals surface area (Å²) in [5.74, 6) is 0.871. The fourth-order valence-corrected chi connectivity index (χ4v) is 5.82. The summed E-state index contributed by atoms with van der Waals surface area (Å²) >= 11 is 0. The van der Waals surface area contributed by atoms with Crippen LogP contribution in [0.3, 0.4) is 0 Å². The third-order valence-corrected chi connectivity index (χ3v) is 7.01. The Bertz CT molecular complexity index is 1070. The minimum absolute atomic E-state index is 0.133. The molecular formula is C26H34N2O6. The van der Waals surface area contributed by atoms with Crippen LogP contribution in [-0.2, 0) is 16.1 Å². The van der Waals surface area contributed by atoms with Gasteiger partial charge < -0.3 is 23.6 Å². The van der Waals surface area contributed by atoms with Gasteiger partial charge in [0.1, 0.15) is 12.4 Å². The van der Waals surface area contributed by atoms with Gasteiger partial charge in [-0.25, -0.2) is 4.79 Å². The van der Waals surface area contributed by atoms with Gasteiger partial charge in [-0.05, 0) is 62.1 Å². The highest BCUT2D eigenvalue weighted by molar-refractivity contribution is 5.92. The zero-order valence-corrected chi connectivity index (χ0v) is 20.9. The van der Waals surface area contributed by atoms with Crippen LogP contribution in [0.2, 0.25) is 0 Å². The molecule has 1 aliphatic carbocycles. The summed E-state index contributed by atoms with van der Waals surface area (Å²) in [6.07, 6.45) is 3.10. The first-order valence-electron chi connectivity index (χ1n) is 11.7. The van der Waals surface area contributed by atoms with Crippen LogP contribution in [-0.4, -0.2) is 48.2 Å². The molecule has 2 aromatic rings. The number of ether oxygens (including phenoxy) is 3. The van der Waals surface area contributed by atoms with E-state index >= 15 is 0 Å². The molecule has 2 heterocycles. The molecule has 4 rings (SSSR count). The van der Waals surface area contributed by atoms with E-state index in [9.17, 15) is 9.59 Å². The van der Waals surface area contributed by atoms with Gasteiger partial charge in [-0.2, -0.15) is 0 Å². The quantitative estimate of drug-likeness (QED) is 0.552. The van der Waals surface area contributed by atoms with Gasteiger partial charge in [-0.1, -0.05) is 25.9 Å². The van der Waals surface area contributed by atoms with E-state index in [0.717, 1.165) is 37.1 Å². The highest BCUT2D eigenvalue weighted by Gasteiger charge is 2.50. The predicted octanol–water partition coefficient (Wildman–Crippen LogP) is 4.46. The van der Waals surface area contributed by atoms with Crippen LogP contribution < -0.4 is 9.47 Å². The number of aromatic nitrogens is 1. The van der Waals surface area contributed by atoms with Crippen LogP contribution >= 0.6 is 0 Å². The zero-order chi connectivity index (χ0) is 24.7. The maximum Gasteiger partial charge on any atom is 0.338 e. The number of hydrogen-bond acceptors (Lipinski definition) is 7. The van der Waals surface area contributed by atoms with Gasteiger partial charge >= 0.3 is 5.97 Å². The average Bonchev–Trinajstić information content (AvgIpc) is 3.23. The molecule has 1 aromatic carbocycles. The largest absolute Gasteiger partial charge is 0.493 e. The Morgan fingerprint density at radius 1 is 1.18 bits per heavy atom. The van der Waals surface area contributed by atoms with Gasteiger partial charge in [0.05, 0.1) is 23.9 Å². The maximum atomic E-state index is 12.9. The first kappa shape index (κ1) is 24.1. The minimum Gasteiger partial charge on any atom is -0.493 e. The first-order chi connectivity index (χ1) is 16.0. The predicted molar refractivity (Wildman–Crippen MR) is 125 cm³/mol. The van der Waals surface area contributed by atoms with Crippen molar-refractivity contribution in [2.45, 2.75) is 66.5 Å². The second-order valence-electron chi connectivity index (χ2n) is 10.8. The van der Waals surface area contributed by atoms with Crippen molar-refractivity contribution in [3.05, 3.63) is 40.8 Å². The first-order valence-corrected chi connectivity index (χ1v) is 11.7. The third-order valence-electron chi connectivity index (χ3n) is 7.01. The summed E-state index contributed by atoms with van der Waals surface area (Å²) in [5, 5.41) is 3.92. The standard InChI is InChI=1S/C26H34N2O6/c1-16-20(17(2)34-27-16)12-32-21-8-7-18(9-22(21)31-6)24(30)33-13-23(29)28-15-26(5)11-19(28)10-25(3,4)14-26/h7-9,19H,10-15H2,1-6H3/t19-,26+/m1/s1. The second-order valence-corrected chi connectivity index (χ2v) is 10.8. The molecule has 1 saturated carbocycles. The van der Waals surface area contributed by atoms with Gasteiger partial charge in [-0.3, -0.25) is 4.79 Å². The molecule has 34 heavy (non-hydrogen) atoms. The Balaban J connectivity index is 1.36. The Labute approximate surface area is 200 Å². The van der Waals surface area contributed by atoms with E-state index in [0.29, 0.717) is 22.8 Å². The molecule has 1 amide bonds. The molecule has 2 aliphatic rings. The van der Waals surface area contributed by atoms with Crippen molar-refractivity contribution in [3.8, 4) is 11.5 Å². The molecule has 2 fully saturated rings. The average molecular weight is 471 g/mol. The number of aryl methyl sites for hydroxylation is 2. The number of hydrogen-bond donors (Lipinski definition) is 0. The molecule has 0 unspecified atom stereocenters. The molecule has 1 aliphatic heterocycles. The van der Waals surface area contributed by atoms with E-state index in [1.807, 2.05) is 18.7 Å². The Hall–Kier alpha value is -3.03. The second kappa shape index (κ2) is 8.96. The summed E-state index contributed by atoms with van der Waals surface area (Å²) in [4.78, 5) is 27.5. The topological polar surface area (TPSA) is 91.1 Å². The van der Waals surface area contributed by atoms with E-state index < -0.39 is 5.97 Å². The number of fused-ring (bicyclic) bond motifs is 2. The molecule has 184 valence electrons. The van der Waals surface area contributed by atoms with Crippen molar-refractivity contribution in [2.75, 3.05) is 20.3 Å². The number of likely N-dealkylation sites (tertiary alicyclic amines) is 1. The number of nitrogens with zero attached hydrogens (tertiary/aromatic N) is 2.